The Labute approximate surface area is 181 Å². The zero-order valence-electron chi connectivity index (χ0n) is 16.6. The minimum absolute atomic E-state index is 0.0727. The first-order valence-corrected chi connectivity index (χ1v) is 10.3. The van der Waals surface area contributed by atoms with Crippen LogP contribution >= 0.6 is 11.6 Å². The maximum Gasteiger partial charge on any atom is 0.233 e. The lowest BCUT2D eigenvalue weighted by Crippen LogP contribution is -2.22. The number of halogens is 1. The third-order valence-electron chi connectivity index (χ3n) is 5.04. The number of benzene rings is 3. The Hall–Kier alpha value is -3.37. The molecule has 1 heterocycles. The van der Waals surface area contributed by atoms with E-state index in [4.69, 9.17) is 16.7 Å². The molecule has 0 aliphatic carbocycles. The van der Waals surface area contributed by atoms with Crippen LogP contribution in [0.5, 0.6) is 0 Å². The highest BCUT2D eigenvalue weighted by atomic mass is 35.5. The number of carbonyl (C=O) groups excluding carboxylic acids is 1. The van der Waals surface area contributed by atoms with Crippen LogP contribution in [0.4, 0.5) is 5.82 Å². The predicted molar refractivity (Wildman–Crippen MR) is 122 cm³/mol. The van der Waals surface area contributed by atoms with E-state index in [-0.39, 0.29) is 11.8 Å². The van der Waals surface area contributed by atoms with Crippen LogP contribution in [0.15, 0.2) is 91.0 Å². The van der Waals surface area contributed by atoms with E-state index in [1.54, 1.807) is 4.68 Å². The third kappa shape index (κ3) is 4.14. The van der Waals surface area contributed by atoms with Gasteiger partial charge in [-0.15, -0.1) is 0 Å². The van der Waals surface area contributed by atoms with Gasteiger partial charge in [0.1, 0.15) is 5.82 Å². The van der Waals surface area contributed by atoms with Gasteiger partial charge in [-0.1, -0.05) is 91.3 Å². The summed E-state index contributed by atoms with van der Waals surface area (Å²) >= 11 is 6.43. The second-order valence-corrected chi connectivity index (χ2v) is 7.41. The van der Waals surface area contributed by atoms with E-state index in [1.807, 2.05) is 97.9 Å². The molecule has 0 saturated heterocycles. The van der Waals surface area contributed by atoms with Gasteiger partial charge < -0.3 is 5.32 Å². The minimum atomic E-state index is -0.249. The van der Waals surface area contributed by atoms with E-state index < -0.39 is 0 Å². The fourth-order valence-electron chi connectivity index (χ4n) is 3.50. The number of carbonyl (C=O) groups is 1. The summed E-state index contributed by atoms with van der Waals surface area (Å²) in [5.74, 6) is 0.263. The summed E-state index contributed by atoms with van der Waals surface area (Å²) in [4.78, 5) is 13.2. The van der Waals surface area contributed by atoms with Crippen molar-refractivity contribution in [2.24, 2.45) is 0 Å². The Bertz CT molecular complexity index is 1140. The Morgan fingerprint density at radius 2 is 1.60 bits per heavy atom. The second-order valence-electron chi connectivity index (χ2n) is 7.00. The summed E-state index contributed by atoms with van der Waals surface area (Å²) in [6, 6.07) is 29.0. The molecule has 3 aromatic carbocycles. The second kappa shape index (κ2) is 8.97. The molecule has 5 heteroatoms. The number of nitrogens with one attached hydrogen (secondary N) is 1. The van der Waals surface area contributed by atoms with E-state index in [1.165, 1.54) is 0 Å². The number of hydrogen-bond acceptors (Lipinski definition) is 2. The van der Waals surface area contributed by atoms with Crippen LogP contribution in [-0.2, 0) is 4.79 Å². The fraction of sp³-hybridized carbons (Fsp3) is 0.120. The molecule has 0 aliphatic rings. The van der Waals surface area contributed by atoms with Crippen LogP contribution in [0.25, 0.3) is 16.9 Å². The molecular weight excluding hydrogens is 394 g/mol. The van der Waals surface area contributed by atoms with Gasteiger partial charge >= 0.3 is 0 Å². The summed E-state index contributed by atoms with van der Waals surface area (Å²) in [6.07, 6.45) is 0.696. The SMILES string of the molecule is CC[C@H](C(=O)Nc1cc(-c2ccccc2)nn1-c1ccccc1Cl)c1ccccc1. The van der Waals surface area contributed by atoms with Gasteiger partial charge in [-0.2, -0.15) is 5.10 Å². The van der Waals surface area contributed by atoms with Gasteiger partial charge in [-0.3, -0.25) is 4.79 Å². The number of hydrogen-bond donors (Lipinski definition) is 1. The number of anilines is 1. The zero-order valence-corrected chi connectivity index (χ0v) is 17.4. The molecule has 0 bridgehead atoms. The van der Waals surface area contributed by atoms with Crippen molar-refractivity contribution in [1.29, 1.82) is 0 Å². The topological polar surface area (TPSA) is 46.9 Å². The van der Waals surface area contributed by atoms with Crippen molar-refractivity contribution in [2.45, 2.75) is 19.3 Å². The highest BCUT2D eigenvalue weighted by Crippen LogP contribution is 2.29. The van der Waals surface area contributed by atoms with Crippen LogP contribution in [0.2, 0.25) is 5.02 Å². The van der Waals surface area contributed by atoms with Crippen LogP contribution in [0.3, 0.4) is 0 Å². The van der Waals surface area contributed by atoms with Crippen molar-refractivity contribution >= 4 is 23.3 Å². The van der Waals surface area contributed by atoms with Crippen molar-refractivity contribution < 1.29 is 4.79 Å². The van der Waals surface area contributed by atoms with Crippen molar-refractivity contribution in [3.63, 3.8) is 0 Å². The first-order valence-electron chi connectivity index (χ1n) is 9.93. The maximum absolute atomic E-state index is 13.2. The number of amides is 1. The molecule has 0 saturated carbocycles. The lowest BCUT2D eigenvalue weighted by Gasteiger charge is -2.16. The molecular formula is C25H22ClN3O. The van der Waals surface area contributed by atoms with Gasteiger partial charge in [-0.05, 0) is 24.1 Å². The third-order valence-corrected chi connectivity index (χ3v) is 5.36. The van der Waals surface area contributed by atoms with Gasteiger partial charge in [0, 0.05) is 11.6 Å². The summed E-state index contributed by atoms with van der Waals surface area (Å²) in [6.45, 7) is 2.01. The Morgan fingerprint density at radius 3 is 2.27 bits per heavy atom. The molecule has 0 aliphatic heterocycles. The van der Waals surface area contributed by atoms with Crippen LogP contribution < -0.4 is 5.32 Å². The van der Waals surface area contributed by atoms with Crippen LogP contribution in [-0.4, -0.2) is 15.7 Å². The molecule has 4 aromatic rings. The lowest BCUT2D eigenvalue weighted by molar-refractivity contribution is -0.117. The van der Waals surface area contributed by atoms with Gasteiger partial charge in [0.25, 0.3) is 0 Å². The van der Waals surface area contributed by atoms with Crippen molar-refractivity contribution in [1.82, 2.24) is 9.78 Å². The molecule has 0 spiro atoms. The van der Waals surface area contributed by atoms with E-state index >= 15 is 0 Å². The molecule has 1 aromatic heterocycles. The van der Waals surface area contributed by atoms with E-state index in [2.05, 4.69) is 5.32 Å². The van der Waals surface area contributed by atoms with E-state index in [0.717, 1.165) is 16.8 Å². The Balaban J connectivity index is 1.73. The summed E-state index contributed by atoms with van der Waals surface area (Å²) < 4.78 is 1.69. The molecule has 1 atom stereocenters. The van der Waals surface area contributed by atoms with Crippen molar-refractivity contribution in [3.05, 3.63) is 102 Å². The van der Waals surface area contributed by atoms with E-state index in [0.29, 0.717) is 22.9 Å². The first-order chi connectivity index (χ1) is 14.7. The van der Waals surface area contributed by atoms with Gasteiger partial charge in [0.05, 0.1) is 22.3 Å². The average molecular weight is 416 g/mol. The number of nitrogens with zero attached hydrogens (tertiary/aromatic N) is 2. The molecule has 1 amide bonds. The molecule has 1 N–H and O–H groups in total. The van der Waals surface area contributed by atoms with E-state index in [9.17, 15) is 4.79 Å². The maximum atomic E-state index is 13.2. The lowest BCUT2D eigenvalue weighted by atomic mass is 9.96. The predicted octanol–water partition coefficient (Wildman–Crippen LogP) is 6.33. The molecule has 4 rings (SSSR count). The molecule has 4 nitrogen and oxygen atoms in total. The molecule has 0 fully saturated rings. The largest absolute Gasteiger partial charge is 0.310 e. The molecule has 0 radical (unpaired) electrons. The first kappa shape index (κ1) is 19.9. The van der Waals surface area contributed by atoms with Crippen LogP contribution in [0, 0.1) is 0 Å². The van der Waals surface area contributed by atoms with Crippen molar-refractivity contribution in [3.8, 4) is 16.9 Å². The number of rotatable bonds is 6. The van der Waals surface area contributed by atoms with Crippen LogP contribution in [0.1, 0.15) is 24.8 Å². The minimum Gasteiger partial charge on any atom is -0.310 e. The fourth-order valence-corrected chi connectivity index (χ4v) is 3.71. The normalized spacial score (nSPS) is 11.8. The Kier molecular flexibility index (Phi) is 5.96. The zero-order chi connectivity index (χ0) is 20.9. The van der Waals surface area contributed by atoms with Crippen molar-refractivity contribution in [2.75, 3.05) is 5.32 Å². The standard InChI is InChI=1S/C25H22ClN3O/c1-2-20(18-11-5-3-6-12-18)25(30)27-24-17-22(19-13-7-4-8-14-19)28-29(24)23-16-10-9-15-21(23)26/h3-17,20H,2H2,1H3,(H,27,30)/t20-/m0/s1. The Morgan fingerprint density at radius 1 is 0.967 bits per heavy atom. The molecule has 0 unspecified atom stereocenters. The molecule has 30 heavy (non-hydrogen) atoms. The highest BCUT2D eigenvalue weighted by Gasteiger charge is 2.21. The monoisotopic (exact) mass is 415 g/mol. The smallest absolute Gasteiger partial charge is 0.233 e. The summed E-state index contributed by atoms with van der Waals surface area (Å²) in [7, 11) is 0. The quantitative estimate of drug-likeness (QED) is 0.400. The number of para-hydroxylation sites is 1. The average Bonchev–Trinajstić information content (AvgIpc) is 3.19. The summed E-state index contributed by atoms with van der Waals surface area (Å²) in [5.41, 5.74) is 3.43. The van der Waals surface area contributed by atoms with Gasteiger partial charge in [-0.25, -0.2) is 4.68 Å². The van der Waals surface area contributed by atoms with Gasteiger partial charge in [0.15, 0.2) is 0 Å². The van der Waals surface area contributed by atoms with Gasteiger partial charge in [0.2, 0.25) is 5.91 Å². The molecule has 150 valence electrons. The summed E-state index contributed by atoms with van der Waals surface area (Å²) in [5, 5.41) is 8.38. The highest BCUT2D eigenvalue weighted by molar-refractivity contribution is 6.32. The number of aromatic nitrogens is 2.